The van der Waals surface area contributed by atoms with Crippen LogP contribution in [0.15, 0.2) is 67.1 Å². The molecule has 1 atom stereocenters. The Morgan fingerprint density at radius 3 is 2.61 bits per heavy atom. The topological polar surface area (TPSA) is 75.6 Å². The molecule has 1 aliphatic heterocycles. The molecule has 1 aliphatic rings. The monoisotopic (exact) mass is 444 g/mol. The second kappa shape index (κ2) is 10.3. The van der Waals surface area contributed by atoms with Crippen molar-refractivity contribution in [3.05, 3.63) is 78.2 Å². The average molecular weight is 445 g/mol. The van der Waals surface area contributed by atoms with Crippen LogP contribution in [0.2, 0.25) is 0 Å². The Hall–Kier alpha value is -3.74. The number of carbonyl (C=O) groups excluding carboxylic acids is 2. The first-order valence-electron chi connectivity index (χ1n) is 11.2. The second-order valence-corrected chi connectivity index (χ2v) is 8.07. The molecule has 170 valence electrons. The molecule has 1 saturated heterocycles. The van der Waals surface area contributed by atoms with Gasteiger partial charge in [0.25, 0.3) is 5.91 Å². The molecule has 33 heavy (non-hydrogen) atoms. The van der Waals surface area contributed by atoms with Crippen molar-refractivity contribution in [1.82, 2.24) is 19.8 Å². The molecular weight excluding hydrogens is 416 g/mol. The predicted octanol–water partition coefficient (Wildman–Crippen LogP) is 3.46. The predicted molar refractivity (Wildman–Crippen MR) is 126 cm³/mol. The molecule has 1 aromatic carbocycles. The van der Waals surface area contributed by atoms with Crippen LogP contribution in [0.3, 0.4) is 0 Å². The third-order valence-electron chi connectivity index (χ3n) is 5.90. The Morgan fingerprint density at radius 1 is 1.09 bits per heavy atom. The van der Waals surface area contributed by atoms with Crippen molar-refractivity contribution in [2.24, 2.45) is 0 Å². The summed E-state index contributed by atoms with van der Waals surface area (Å²) in [5.41, 5.74) is 3.57. The molecule has 0 unspecified atom stereocenters. The average Bonchev–Trinajstić information content (AvgIpc) is 2.87. The van der Waals surface area contributed by atoms with Crippen LogP contribution in [-0.2, 0) is 11.2 Å². The molecule has 0 spiro atoms. The highest BCUT2D eigenvalue weighted by molar-refractivity contribution is 5.98. The lowest BCUT2D eigenvalue weighted by molar-refractivity contribution is -0.140. The number of carbonyl (C=O) groups is 2. The molecule has 0 saturated carbocycles. The fourth-order valence-electron chi connectivity index (χ4n) is 4.21. The molecule has 0 N–H and O–H groups in total. The van der Waals surface area contributed by atoms with Crippen LogP contribution < -0.4 is 4.74 Å². The van der Waals surface area contributed by atoms with Gasteiger partial charge in [0.2, 0.25) is 11.8 Å². The molecule has 4 rings (SSSR count). The van der Waals surface area contributed by atoms with Gasteiger partial charge in [-0.3, -0.25) is 14.6 Å². The van der Waals surface area contributed by atoms with Gasteiger partial charge in [0, 0.05) is 50.7 Å². The standard InChI is InChI=1S/C26H28N4O3/c1-3-13-29-14-15-30(25(31)22-7-8-24(33-2)28-18-22)23(26(29)32)17-19-5-4-6-21(16-19)20-9-11-27-12-10-20/h4-12,16,18,23H,3,13-15,17H2,1-2H3/t23-/m0/s1. The molecule has 0 aliphatic carbocycles. The Balaban J connectivity index is 1.62. The van der Waals surface area contributed by atoms with Gasteiger partial charge in [0.1, 0.15) is 6.04 Å². The van der Waals surface area contributed by atoms with Crippen LogP contribution in [0.25, 0.3) is 11.1 Å². The molecule has 0 radical (unpaired) electrons. The van der Waals surface area contributed by atoms with Gasteiger partial charge >= 0.3 is 0 Å². The third kappa shape index (κ3) is 5.03. The Morgan fingerprint density at radius 2 is 1.91 bits per heavy atom. The molecule has 3 aromatic rings. The van der Waals surface area contributed by atoms with Gasteiger partial charge in [-0.15, -0.1) is 0 Å². The smallest absolute Gasteiger partial charge is 0.256 e. The van der Waals surface area contributed by atoms with E-state index in [1.807, 2.05) is 35.2 Å². The van der Waals surface area contributed by atoms with Crippen LogP contribution in [0.5, 0.6) is 5.88 Å². The van der Waals surface area contributed by atoms with Gasteiger partial charge in [-0.1, -0.05) is 31.2 Å². The third-order valence-corrected chi connectivity index (χ3v) is 5.90. The van der Waals surface area contributed by atoms with E-state index in [0.717, 1.165) is 23.1 Å². The molecule has 2 aromatic heterocycles. The Labute approximate surface area is 194 Å². The molecular formula is C26H28N4O3. The zero-order valence-corrected chi connectivity index (χ0v) is 19.0. The van der Waals surface area contributed by atoms with Crippen molar-refractivity contribution in [1.29, 1.82) is 0 Å². The fraction of sp³-hybridized carbons (Fsp3) is 0.308. The number of methoxy groups -OCH3 is 1. The van der Waals surface area contributed by atoms with Gasteiger partial charge in [0.05, 0.1) is 12.7 Å². The van der Waals surface area contributed by atoms with Crippen LogP contribution >= 0.6 is 0 Å². The molecule has 1 fully saturated rings. The minimum absolute atomic E-state index is 0.00719. The number of benzene rings is 1. The van der Waals surface area contributed by atoms with E-state index < -0.39 is 6.04 Å². The highest BCUT2D eigenvalue weighted by Crippen LogP contribution is 2.24. The number of amides is 2. The second-order valence-electron chi connectivity index (χ2n) is 8.07. The van der Waals surface area contributed by atoms with Crippen LogP contribution in [0, 0.1) is 0 Å². The molecule has 7 heteroatoms. The van der Waals surface area contributed by atoms with Gasteiger partial charge in [-0.25, -0.2) is 4.98 Å². The van der Waals surface area contributed by atoms with E-state index in [0.29, 0.717) is 37.5 Å². The number of ether oxygens (including phenoxy) is 1. The first-order chi connectivity index (χ1) is 16.1. The minimum atomic E-state index is -0.562. The first kappa shape index (κ1) is 22.5. The molecule has 0 bridgehead atoms. The SMILES string of the molecule is CCCN1CCN(C(=O)c2ccc(OC)nc2)[C@@H](Cc2cccc(-c3ccncc3)c2)C1=O. The number of rotatable bonds is 7. The zero-order chi connectivity index (χ0) is 23.2. The maximum absolute atomic E-state index is 13.4. The summed E-state index contributed by atoms with van der Waals surface area (Å²) >= 11 is 0. The van der Waals surface area contributed by atoms with Crippen LogP contribution in [0.4, 0.5) is 0 Å². The minimum Gasteiger partial charge on any atom is -0.481 e. The number of hydrogen-bond donors (Lipinski definition) is 0. The lowest BCUT2D eigenvalue weighted by Crippen LogP contribution is -2.59. The van der Waals surface area contributed by atoms with Crippen molar-refractivity contribution in [2.45, 2.75) is 25.8 Å². The van der Waals surface area contributed by atoms with E-state index >= 15 is 0 Å². The normalized spacial score (nSPS) is 16.1. The Kier molecular flexibility index (Phi) is 6.98. The highest BCUT2D eigenvalue weighted by atomic mass is 16.5. The lowest BCUT2D eigenvalue weighted by Gasteiger charge is -2.40. The highest BCUT2D eigenvalue weighted by Gasteiger charge is 2.37. The number of pyridine rings is 2. The number of piperazine rings is 1. The van der Waals surface area contributed by atoms with Crippen LogP contribution in [0.1, 0.15) is 29.3 Å². The van der Waals surface area contributed by atoms with Crippen molar-refractivity contribution < 1.29 is 14.3 Å². The van der Waals surface area contributed by atoms with Crippen molar-refractivity contribution in [3.63, 3.8) is 0 Å². The number of hydrogen-bond acceptors (Lipinski definition) is 5. The van der Waals surface area contributed by atoms with E-state index in [1.54, 1.807) is 29.4 Å². The number of nitrogens with zero attached hydrogens (tertiary/aromatic N) is 4. The summed E-state index contributed by atoms with van der Waals surface area (Å²) in [5.74, 6) is 0.247. The van der Waals surface area contributed by atoms with E-state index in [-0.39, 0.29) is 11.8 Å². The van der Waals surface area contributed by atoms with Gasteiger partial charge in [-0.2, -0.15) is 0 Å². The summed E-state index contributed by atoms with van der Waals surface area (Å²) in [6.45, 7) is 3.78. The van der Waals surface area contributed by atoms with Crippen molar-refractivity contribution >= 4 is 11.8 Å². The molecule has 2 amide bonds. The van der Waals surface area contributed by atoms with Crippen molar-refractivity contribution in [2.75, 3.05) is 26.7 Å². The molecule has 7 nitrogen and oxygen atoms in total. The number of aromatic nitrogens is 2. The van der Waals surface area contributed by atoms with E-state index in [1.165, 1.54) is 13.3 Å². The van der Waals surface area contributed by atoms with Crippen LogP contribution in [-0.4, -0.2) is 64.4 Å². The largest absolute Gasteiger partial charge is 0.481 e. The summed E-state index contributed by atoms with van der Waals surface area (Å²) in [5, 5.41) is 0. The first-order valence-corrected chi connectivity index (χ1v) is 11.2. The Bertz CT molecular complexity index is 1100. The quantitative estimate of drug-likeness (QED) is 0.558. The van der Waals surface area contributed by atoms with Gasteiger partial charge in [0.15, 0.2) is 0 Å². The van der Waals surface area contributed by atoms with Crippen molar-refractivity contribution in [3.8, 4) is 17.0 Å². The summed E-state index contributed by atoms with van der Waals surface area (Å²) in [6, 6.07) is 14.8. The summed E-state index contributed by atoms with van der Waals surface area (Å²) < 4.78 is 5.10. The van der Waals surface area contributed by atoms with E-state index in [9.17, 15) is 9.59 Å². The maximum Gasteiger partial charge on any atom is 0.256 e. The summed E-state index contributed by atoms with van der Waals surface area (Å²) in [6.07, 6.45) is 6.36. The zero-order valence-electron chi connectivity index (χ0n) is 19.0. The lowest BCUT2D eigenvalue weighted by atomic mass is 9.97. The summed E-state index contributed by atoms with van der Waals surface area (Å²) in [7, 11) is 1.53. The van der Waals surface area contributed by atoms with E-state index in [2.05, 4.69) is 23.0 Å². The van der Waals surface area contributed by atoms with Gasteiger partial charge in [-0.05, 0) is 41.3 Å². The van der Waals surface area contributed by atoms with E-state index in [4.69, 9.17) is 4.74 Å². The fourth-order valence-corrected chi connectivity index (χ4v) is 4.21. The summed E-state index contributed by atoms with van der Waals surface area (Å²) in [4.78, 5) is 38.6. The van der Waals surface area contributed by atoms with Gasteiger partial charge < -0.3 is 14.5 Å². The molecule has 3 heterocycles. The maximum atomic E-state index is 13.4.